The van der Waals surface area contributed by atoms with Gasteiger partial charge in [0, 0.05) is 24.6 Å². The van der Waals surface area contributed by atoms with Gasteiger partial charge in [-0.25, -0.2) is 8.42 Å². The van der Waals surface area contributed by atoms with Crippen LogP contribution in [0.15, 0.2) is 23.7 Å². The van der Waals surface area contributed by atoms with Crippen LogP contribution in [0.5, 0.6) is 0 Å². The van der Waals surface area contributed by atoms with Crippen molar-refractivity contribution >= 4 is 55.6 Å². The van der Waals surface area contributed by atoms with E-state index in [2.05, 4.69) is 20.2 Å². The van der Waals surface area contributed by atoms with E-state index in [1.807, 2.05) is 0 Å². The lowest BCUT2D eigenvalue weighted by Gasteiger charge is -2.31. The Labute approximate surface area is 171 Å². The molecule has 2 heterocycles. The number of aromatic nitrogens is 2. The molecular weight excluding hydrogens is 426 g/mol. The van der Waals surface area contributed by atoms with Crippen LogP contribution < -0.4 is 10.0 Å². The summed E-state index contributed by atoms with van der Waals surface area (Å²) in [7, 11) is -3.52. The number of halogens is 1. The molecular formula is C16H18ClN5O4S2. The summed E-state index contributed by atoms with van der Waals surface area (Å²) in [5.74, 6) is -0.577. The minimum atomic E-state index is -3.52. The molecule has 150 valence electrons. The van der Waals surface area contributed by atoms with Gasteiger partial charge < -0.3 is 10.2 Å². The summed E-state index contributed by atoms with van der Waals surface area (Å²) < 4.78 is 25.2. The maximum absolute atomic E-state index is 12.8. The van der Waals surface area contributed by atoms with Gasteiger partial charge in [-0.1, -0.05) is 22.9 Å². The standard InChI is InChI=1S/C16H18ClN5O4S2/c1-28(25,26)21-13-8-11(2-3-12(13)17)15(24)22-6-4-10(5-7-22)14(23)19-16-20-18-9-27-16/h2-3,8-10,21H,4-7H2,1H3,(H,19,20,23). The highest BCUT2D eigenvalue weighted by Gasteiger charge is 2.28. The Morgan fingerprint density at radius 2 is 2.00 bits per heavy atom. The van der Waals surface area contributed by atoms with Crippen molar-refractivity contribution in [1.82, 2.24) is 15.1 Å². The van der Waals surface area contributed by atoms with Crippen LogP contribution >= 0.6 is 22.9 Å². The maximum Gasteiger partial charge on any atom is 0.253 e. The highest BCUT2D eigenvalue weighted by molar-refractivity contribution is 7.92. The Kier molecular flexibility index (Phi) is 6.16. The largest absolute Gasteiger partial charge is 0.339 e. The topological polar surface area (TPSA) is 121 Å². The molecule has 2 amide bonds. The van der Waals surface area contributed by atoms with Gasteiger partial charge in [0.15, 0.2) is 0 Å². The van der Waals surface area contributed by atoms with Crippen molar-refractivity contribution in [1.29, 1.82) is 0 Å². The van der Waals surface area contributed by atoms with Crippen LogP contribution in [0.2, 0.25) is 5.02 Å². The van der Waals surface area contributed by atoms with E-state index < -0.39 is 10.0 Å². The maximum atomic E-state index is 12.8. The van der Waals surface area contributed by atoms with Gasteiger partial charge in [0.25, 0.3) is 5.91 Å². The van der Waals surface area contributed by atoms with Crippen molar-refractivity contribution in [3.8, 4) is 0 Å². The second-order valence-electron chi connectivity index (χ2n) is 6.37. The van der Waals surface area contributed by atoms with E-state index in [1.165, 1.54) is 29.0 Å². The van der Waals surface area contributed by atoms with Crippen LogP contribution in [0.3, 0.4) is 0 Å². The Morgan fingerprint density at radius 1 is 1.29 bits per heavy atom. The molecule has 0 atom stereocenters. The first-order valence-corrected chi connectivity index (χ1v) is 11.5. The fourth-order valence-corrected chi connectivity index (χ4v) is 4.14. The van der Waals surface area contributed by atoms with Crippen LogP contribution in [0.25, 0.3) is 0 Å². The normalized spacial score (nSPS) is 15.3. The predicted molar refractivity (Wildman–Crippen MR) is 107 cm³/mol. The molecule has 0 saturated carbocycles. The lowest BCUT2D eigenvalue weighted by atomic mass is 9.95. The van der Waals surface area contributed by atoms with Crippen molar-refractivity contribution in [3.63, 3.8) is 0 Å². The number of likely N-dealkylation sites (tertiary alicyclic amines) is 1. The van der Waals surface area contributed by atoms with E-state index in [0.29, 0.717) is 36.6 Å². The van der Waals surface area contributed by atoms with Gasteiger partial charge in [-0.3, -0.25) is 14.3 Å². The minimum Gasteiger partial charge on any atom is -0.339 e. The van der Waals surface area contributed by atoms with E-state index in [4.69, 9.17) is 11.6 Å². The summed E-state index contributed by atoms with van der Waals surface area (Å²) in [4.78, 5) is 26.7. The molecule has 1 aliphatic heterocycles. The van der Waals surface area contributed by atoms with Crippen LogP contribution in [0, 0.1) is 5.92 Å². The third-order valence-electron chi connectivity index (χ3n) is 4.25. The molecule has 0 spiro atoms. The number of nitrogens with zero attached hydrogens (tertiary/aromatic N) is 3. The van der Waals surface area contributed by atoms with Crippen LogP contribution in [0.4, 0.5) is 10.8 Å². The van der Waals surface area contributed by atoms with Gasteiger partial charge >= 0.3 is 0 Å². The Bertz CT molecular complexity index is 973. The van der Waals surface area contributed by atoms with Crippen LogP contribution in [-0.2, 0) is 14.8 Å². The summed E-state index contributed by atoms with van der Waals surface area (Å²) in [5, 5.41) is 10.8. The molecule has 0 unspecified atom stereocenters. The van der Waals surface area contributed by atoms with Crippen molar-refractivity contribution in [2.45, 2.75) is 12.8 Å². The zero-order valence-corrected chi connectivity index (χ0v) is 17.3. The molecule has 1 aromatic heterocycles. The average molecular weight is 444 g/mol. The number of hydrogen-bond donors (Lipinski definition) is 2. The highest BCUT2D eigenvalue weighted by atomic mass is 35.5. The number of sulfonamides is 1. The molecule has 1 aliphatic rings. The first-order chi connectivity index (χ1) is 13.2. The SMILES string of the molecule is CS(=O)(=O)Nc1cc(C(=O)N2CCC(C(=O)Nc3nncs3)CC2)ccc1Cl. The number of hydrogen-bond acceptors (Lipinski definition) is 7. The van der Waals surface area contributed by atoms with Crippen molar-refractivity contribution in [3.05, 3.63) is 34.3 Å². The zero-order chi connectivity index (χ0) is 20.3. The molecule has 28 heavy (non-hydrogen) atoms. The number of benzene rings is 1. The third-order valence-corrected chi connectivity index (χ3v) is 5.78. The Morgan fingerprint density at radius 3 is 2.61 bits per heavy atom. The zero-order valence-electron chi connectivity index (χ0n) is 14.9. The molecule has 0 aliphatic carbocycles. The number of anilines is 2. The quantitative estimate of drug-likeness (QED) is 0.729. The van der Waals surface area contributed by atoms with Crippen molar-refractivity contribution < 1.29 is 18.0 Å². The number of carbonyl (C=O) groups excluding carboxylic acids is 2. The average Bonchev–Trinajstić information content (AvgIpc) is 3.15. The number of piperidine rings is 1. The lowest BCUT2D eigenvalue weighted by molar-refractivity contribution is -0.121. The number of amides is 2. The smallest absolute Gasteiger partial charge is 0.253 e. The summed E-state index contributed by atoms with van der Waals surface area (Å²) in [6.45, 7) is 0.842. The van der Waals surface area contributed by atoms with Gasteiger partial charge in [0.2, 0.25) is 21.1 Å². The molecule has 1 aromatic carbocycles. The Balaban J connectivity index is 1.62. The van der Waals surface area contributed by atoms with Crippen LogP contribution in [0.1, 0.15) is 23.2 Å². The van der Waals surface area contributed by atoms with Gasteiger partial charge in [-0.2, -0.15) is 0 Å². The molecule has 9 nitrogen and oxygen atoms in total. The molecule has 1 fully saturated rings. The number of rotatable bonds is 5. The van der Waals surface area contributed by atoms with E-state index >= 15 is 0 Å². The third kappa shape index (κ3) is 5.18. The van der Waals surface area contributed by atoms with E-state index in [9.17, 15) is 18.0 Å². The van der Waals surface area contributed by atoms with Crippen molar-refractivity contribution in [2.75, 3.05) is 29.4 Å². The summed E-state index contributed by atoms with van der Waals surface area (Å²) in [5.41, 5.74) is 2.02. The van der Waals surface area contributed by atoms with Gasteiger partial charge in [-0.05, 0) is 31.0 Å². The second-order valence-corrected chi connectivity index (χ2v) is 9.36. The second kappa shape index (κ2) is 8.41. The molecule has 2 N–H and O–H groups in total. The first-order valence-electron chi connectivity index (χ1n) is 8.36. The fourth-order valence-electron chi connectivity index (χ4n) is 2.90. The highest BCUT2D eigenvalue weighted by Crippen LogP contribution is 2.26. The summed E-state index contributed by atoms with van der Waals surface area (Å²) >= 11 is 7.25. The van der Waals surface area contributed by atoms with Crippen LogP contribution in [-0.4, -0.2) is 54.7 Å². The predicted octanol–water partition coefficient (Wildman–Crippen LogP) is 2.05. The van der Waals surface area contributed by atoms with Gasteiger partial charge in [0.1, 0.15) is 5.51 Å². The Hall–Kier alpha value is -2.24. The van der Waals surface area contributed by atoms with E-state index in [-0.39, 0.29) is 28.4 Å². The van der Waals surface area contributed by atoms with Gasteiger partial charge in [0.05, 0.1) is 17.0 Å². The number of carbonyl (C=O) groups is 2. The molecule has 0 bridgehead atoms. The van der Waals surface area contributed by atoms with Gasteiger partial charge in [-0.15, -0.1) is 10.2 Å². The summed E-state index contributed by atoms with van der Waals surface area (Å²) in [6, 6.07) is 4.44. The molecule has 2 aromatic rings. The number of nitrogens with one attached hydrogen (secondary N) is 2. The fraction of sp³-hybridized carbons (Fsp3) is 0.375. The van der Waals surface area contributed by atoms with E-state index in [0.717, 1.165) is 6.26 Å². The monoisotopic (exact) mass is 443 g/mol. The molecule has 12 heteroatoms. The van der Waals surface area contributed by atoms with Crippen molar-refractivity contribution in [2.24, 2.45) is 5.92 Å². The van der Waals surface area contributed by atoms with E-state index in [1.54, 1.807) is 11.0 Å². The molecule has 3 rings (SSSR count). The first kappa shape index (κ1) is 20.5. The molecule has 1 saturated heterocycles. The summed E-state index contributed by atoms with van der Waals surface area (Å²) in [6.07, 6.45) is 2.06. The molecule has 0 radical (unpaired) electrons. The lowest BCUT2D eigenvalue weighted by Crippen LogP contribution is -2.41. The minimum absolute atomic E-state index is 0.130.